The number of rotatable bonds is 1. The summed E-state index contributed by atoms with van der Waals surface area (Å²) in [6.07, 6.45) is -4.47. The van der Waals surface area contributed by atoms with Gasteiger partial charge in [-0.3, -0.25) is 0 Å². The average Bonchev–Trinajstić information content (AvgIpc) is 2.32. The van der Waals surface area contributed by atoms with E-state index in [1.807, 2.05) is 0 Å². The molecule has 1 saturated heterocycles. The Balaban J connectivity index is 0.00000180. The SMILES string of the molecule is Br.FC(F)(F)c1cc(N2CCOCC2)nc(Cl)c1Br. The van der Waals surface area contributed by atoms with E-state index in [0.717, 1.165) is 6.07 Å². The van der Waals surface area contributed by atoms with E-state index in [2.05, 4.69) is 20.9 Å². The van der Waals surface area contributed by atoms with E-state index < -0.39 is 11.7 Å². The Kier molecular flexibility index (Phi) is 5.91. The molecule has 0 unspecified atom stereocenters. The van der Waals surface area contributed by atoms with Crippen molar-refractivity contribution in [1.29, 1.82) is 0 Å². The number of anilines is 1. The maximum Gasteiger partial charge on any atom is 0.417 e. The van der Waals surface area contributed by atoms with Gasteiger partial charge in [0, 0.05) is 13.1 Å². The second kappa shape index (κ2) is 6.60. The Morgan fingerprint density at radius 3 is 2.42 bits per heavy atom. The largest absolute Gasteiger partial charge is 0.417 e. The number of alkyl halides is 3. The van der Waals surface area contributed by atoms with E-state index >= 15 is 0 Å². The zero-order valence-corrected chi connectivity index (χ0v) is 13.6. The monoisotopic (exact) mass is 424 g/mol. The molecule has 1 aliphatic rings. The molecular weight excluding hydrogens is 416 g/mol. The normalized spacial score (nSPS) is 16.2. The molecule has 0 atom stereocenters. The molecule has 2 rings (SSSR count). The van der Waals surface area contributed by atoms with Gasteiger partial charge < -0.3 is 9.64 Å². The molecule has 0 N–H and O–H groups in total. The van der Waals surface area contributed by atoms with Crippen LogP contribution in [0.5, 0.6) is 0 Å². The summed E-state index contributed by atoms with van der Waals surface area (Å²) < 4.78 is 43.4. The molecule has 2 heterocycles. The van der Waals surface area contributed by atoms with Gasteiger partial charge in [-0.15, -0.1) is 17.0 Å². The van der Waals surface area contributed by atoms with E-state index in [1.165, 1.54) is 0 Å². The van der Waals surface area contributed by atoms with Gasteiger partial charge in [0.05, 0.1) is 23.2 Å². The van der Waals surface area contributed by atoms with Crippen molar-refractivity contribution in [2.24, 2.45) is 0 Å². The van der Waals surface area contributed by atoms with Crippen LogP contribution in [0.25, 0.3) is 0 Å². The smallest absolute Gasteiger partial charge is 0.378 e. The molecule has 1 aromatic heterocycles. The lowest BCUT2D eigenvalue weighted by Crippen LogP contribution is -2.37. The summed E-state index contributed by atoms with van der Waals surface area (Å²) in [5, 5.41) is -0.189. The molecule has 0 aliphatic carbocycles. The highest BCUT2D eigenvalue weighted by atomic mass is 79.9. The molecule has 108 valence electrons. The second-order valence-electron chi connectivity index (χ2n) is 3.73. The Labute approximate surface area is 132 Å². The van der Waals surface area contributed by atoms with Crippen molar-refractivity contribution in [2.75, 3.05) is 31.2 Å². The molecule has 0 saturated carbocycles. The van der Waals surface area contributed by atoms with Crippen LogP contribution in [-0.2, 0) is 10.9 Å². The fourth-order valence-electron chi connectivity index (χ4n) is 1.65. The topological polar surface area (TPSA) is 25.4 Å². The first-order valence-corrected chi connectivity index (χ1v) is 6.32. The van der Waals surface area contributed by atoms with Crippen LogP contribution in [0.3, 0.4) is 0 Å². The number of aromatic nitrogens is 1. The zero-order chi connectivity index (χ0) is 13.3. The van der Waals surface area contributed by atoms with Crippen molar-refractivity contribution in [3.8, 4) is 0 Å². The van der Waals surface area contributed by atoms with E-state index in [1.54, 1.807) is 4.90 Å². The number of morpholine rings is 1. The van der Waals surface area contributed by atoms with Gasteiger partial charge in [0.15, 0.2) is 0 Å². The molecule has 19 heavy (non-hydrogen) atoms. The number of nitrogens with zero attached hydrogens (tertiary/aromatic N) is 2. The minimum absolute atomic E-state index is 0. The first-order valence-electron chi connectivity index (χ1n) is 5.15. The van der Waals surface area contributed by atoms with Gasteiger partial charge in [-0.2, -0.15) is 13.2 Å². The first-order chi connectivity index (χ1) is 8.39. The molecular formula is C10H10Br2ClF3N2O. The third kappa shape index (κ3) is 3.96. The maximum atomic E-state index is 12.8. The number of hydrogen-bond acceptors (Lipinski definition) is 3. The zero-order valence-electron chi connectivity index (χ0n) is 9.51. The number of ether oxygens (including phenoxy) is 1. The molecule has 0 bridgehead atoms. The summed E-state index contributed by atoms with van der Waals surface area (Å²) in [7, 11) is 0. The van der Waals surface area contributed by atoms with Crippen LogP contribution in [0, 0.1) is 0 Å². The summed E-state index contributed by atoms with van der Waals surface area (Å²) in [5.74, 6) is 0.221. The lowest BCUT2D eigenvalue weighted by molar-refractivity contribution is -0.138. The molecule has 3 nitrogen and oxygen atoms in total. The van der Waals surface area contributed by atoms with Gasteiger partial charge in [-0.05, 0) is 22.0 Å². The van der Waals surface area contributed by atoms with Gasteiger partial charge in [0.25, 0.3) is 0 Å². The van der Waals surface area contributed by atoms with Crippen molar-refractivity contribution < 1.29 is 17.9 Å². The van der Waals surface area contributed by atoms with E-state index in [-0.39, 0.29) is 32.4 Å². The van der Waals surface area contributed by atoms with Gasteiger partial charge >= 0.3 is 6.18 Å². The van der Waals surface area contributed by atoms with Crippen LogP contribution in [0.15, 0.2) is 10.5 Å². The Hall–Kier alpha value is -0.0500. The minimum Gasteiger partial charge on any atom is -0.378 e. The Morgan fingerprint density at radius 2 is 1.89 bits per heavy atom. The van der Waals surface area contributed by atoms with Crippen LogP contribution < -0.4 is 4.90 Å². The van der Waals surface area contributed by atoms with Crippen molar-refractivity contribution in [3.63, 3.8) is 0 Å². The highest BCUT2D eigenvalue weighted by molar-refractivity contribution is 9.10. The molecule has 0 aromatic carbocycles. The highest BCUT2D eigenvalue weighted by Crippen LogP contribution is 2.39. The average molecular weight is 426 g/mol. The summed E-state index contributed by atoms with van der Waals surface area (Å²) >= 11 is 8.54. The minimum atomic E-state index is -4.47. The van der Waals surface area contributed by atoms with E-state index in [0.29, 0.717) is 26.3 Å². The second-order valence-corrected chi connectivity index (χ2v) is 4.88. The van der Waals surface area contributed by atoms with Gasteiger partial charge in [-0.25, -0.2) is 4.98 Å². The Bertz CT molecular complexity index is 453. The molecule has 1 fully saturated rings. The third-order valence-electron chi connectivity index (χ3n) is 2.54. The van der Waals surface area contributed by atoms with Crippen molar-refractivity contribution >= 4 is 50.3 Å². The standard InChI is InChI=1S/C10H9BrClF3N2O.BrH/c11-8-6(10(13,14)15)5-7(16-9(8)12)17-1-3-18-4-2-17;/h5H,1-4H2;1H. The summed E-state index contributed by atoms with van der Waals surface area (Å²) in [5.41, 5.74) is -0.816. The fourth-order valence-corrected chi connectivity index (χ4v) is 2.26. The molecule has 1 aliphatic heterocycles. The summed E-state index contributed by atoms with van der Waals surface area (Å²) in [6, 6.07) is 1.00. The van der Waals surface area contributed by atoms with Crippen LogP contribution >= 0.6 is 44.5 Å². The van der Waals surface area contributed by atoms with Gasteiger partial charge in [0.2, 0.25) is 0 Å². The number of halogens is 6. The number of pyridine rings is 1. The summed E-state index contributed by atoms with van der Waals surface area (Å²) in [6.45, 7) is 1.94. The maximum absolute atomic E-state index is 12.8. The fraction of sp³-hybridized carbons (Fsp3) is 0.500. The third-order valence-corrected chi connectivity index (χ3v) is 3.85. The van der Waals surface area contributed by atoms with Gasteiger partial charge in [-0.1, -0.05) is 11.6 Å². The number of hydrogen-bond donors (Lipinski definition) is 0. The quantitative estimate of drug-likeness (QED) is 0.637. The van der Waals surface area contributed by atoms with Crippen molar-refractivity contribution in [1.82, 2.24) is 4.98 Å². The molecule has 0 amide bonds. The predicted molar refractivity (Wildman–Crippen MR) is 75.3 cm³/mol. The predicted octanol–water partition coefficient (Wildman–Crippen LogP) is 3.93. The van der Waals surface area contributed by atoms with Gasteiger partial charge in [0.1, 0.15) is 11.0 Å². The van der Waals surface area contributed by atoms with Crippen LogP contribution in [0.2, 0.25) is 5.15 Å². The van der Waals surface area contributed by atoms with Crippen LogP contribution in [0.1, 0.15) is 5.56 Å². The summed E-state index contributed by atoms with van der Waals surface area (Å²) in [4.78, 5) is 5.68. The van der Waals surface area contributed by atoms with Crippen LogP contribution in [0.4, 0.5) is 19.0 Å². The van der Waals surface area contributed by atoms with Crippen molar-refractivity contribution in [3.05, 3.63) is 21.3 Å². The van der Waals surface area contributed by atoms with Crippen LogP contribution in [-0.4, -0.2) is 31.3 Å². The highest BCUT2D eigenvalue weighted by Gasteiger charge is 2.35. The molecule has 0 spiro atoms. The van der Waals surface area contributed by atoms with E-state index in [9.17, 15) is 13.2 Å². The van der Waals surface area contributed by atoms with Crippen molar-refractivity contribution in [2.45, 2.75) is 6.18 Å². The molecule has 0 radical (unpaired) electrons. The first kappa shape index (κ1) is 17.0. The molecule has 1 aromatic rings. The lowest BCUT2D eigenvalue weighted by Gasteiger charge is -2.28. The lowest BCUT2D eigenvalue weighted by atomic mass is 10.2. The molecule has 9 heteroatoms. The Morgan fingerprint density at radius 1 is 1.32 bits per heavy atom. The van der Waals surface area contributed by atoms with E-state index in [4.69, 9.17) is 16.3 Å².